The number of aliphatic hydroxyl groups is 1. The number of aromatic hydroxyl groups is 1. The van der Waals surface area contributed by atoms with Gasteiger partial charge in [0.2, 0.25) is 0 Å². The van der Waals surface area contributed by atoms with E-state index >= 15 is 0 Å². The Morgan fingerprint density at radius 2 is 1.75 bits per heavy atom. The minimum atomic E-state index is -1.00. The second-order valence-electron chi connectivity index (χ2n) is 12.7. The monoisotopic (exact) mass is 610 g/mol. The van der Waals surface area contributed by atoms with Crippen LogP contribution in [0.25, 0.3) is 12.2 Å². The van der Waals surface area contributed by atoms with E-state index in [4.69, 9.17) is 18.9 Å². The zero-order valence-corrected chi connectivity index (χ0v) is 28.8. The fourth-order valence-corrected chi connectivity index (χ4v) is 5.07. The van der Waals surface area contributed by atoms with E-state index in [-0.39, 0.29) is 11.4 Å². The Bertz CT molecular complexity index is 1200. The van der Waals surface area contributed by atoms with Crippen molar-refractivity contribution in [3.05, 3.63) is 70.7 Å². The highest BCUT2D eigenvalue weighted by atomic mass is 16.6. The van der Waals surface area contributed by atoms with Crippen LogP contribution in [0.2, 0.25) is 0 Å². The summed E-state index contributed by atoms with van der Waals surface area (Å²) >= 11 is 0. The summed E-state index contributed by atoms with van der Waals surface area (Å²) in [5.41, 5.74) is 3.60. The highest BCUT2D eigenvalue weighted by molar-refractivity contribution is 5.73. The summed E-state index contributed by atoms with van der Waals surface area (Å²) in [6, 6.07) is 1.71. The molecule has 1 aliphatic rings. The van der Waals surface area contributed by atoms with E-state index in [0.717, 1.165) is 49.0 Å². The van der Waals surface area contributed by atoms with Crippen molar-refractivity contribution in [2.75, 3.05) is 13.2 Å². The summed E-state index contributed by atoms with van der Waals surface area (Å²) in [6.45, 7) is 23.1. The molecular formula is C38H58O6. The molecule has 0 bridgehead atoms. The van der Waals surface area contributed by atoms with Crippen LogP contribution in [0.4, 0.5) is 0 Å². The minimum Gasteiger partial charge on any atom is -0.507 e. The number of hydrogen-bond acceptors (Lipinski definition) is 6. The molecular weight excluding hydrogens is 552 g/mol. The molecule has 0 spiro atoms. The van der Waals surface area contributed by atoms with Crippen molar-refractivity contribution in [2.24, 2.45) is 0 Å². The lowest BCUT2D eigenvalue weighted by atomic mass is 9.91. The third kappa shape index (κ3) is 11.5. The highest BCUT2D eigenvalue weighted by Crippen LogP contribution is 2.39. The van der Waals surface area contributed by atoms with Gasteiger partial charge in [-0.05, 0) is 116 Å². The number of benzene rings is 1. The van der Waals surface area contributed by atoms with Gasteiger partial charge in [-0.1, -0.05) is 44.6 Å². The predicted octanol–water partition coefficient (Wildman–Crippen LogP) is 9.59. The summed E-state index contributed by atoms with van der Waals surface area (Å²) < 4.78 is 24.0. The zero-order valence-electron chi connectivity index (χ0n) is 28.8. The van der Waals surface area contributed by atoms with Gasteiger partial charge in [0.05, 0.1) is 34.9 Å². The second kappa shape index (κ2) is 17.5. The summed E-state index contributed by atoms with van der Waals surface area (Å²) in [6.07, 6.45) is 17.1. The number of phenolic OH excluding ortho intramolecular Hbond substituents is 1. The first-order valence-corrected chi connectivity index (χ1v) is 16.3. The van der Waals surface area contributed by atoms with Gasteiger partial charge in [0.1, 0.15) is 30.8 Å². The maximum atomic E-state index is 11.1. The zero-order chi connectivity index (χ0) is 32.9. The Balaban J connectivity index is 2.13. The van der Waals surface area contributed by atoms with Crippen molar-refractivity contribution < 1.29 is 29.2 Å². The van der Waals surface area contributed by atoms with Crippen LogP contribution in [0, 0.1) is 6.92 Å². The topological polar surface area (TPSA) is 80.7 Å². The number of rotatable bonds is 20. The maximum Gasteiger partial charge on any atom is 0.138 e. The van der Waals surface area contributed by atoms with Crippen LogP contribution in [-0.2, 0) is 14.2 Å². The number of allylic oxidation sites excluding steroid dienone is 4. The number of epoxide rings is 1. The summed E-state index contributed by atoms with van der Waals surface area (Å²) in [7, 11) is 0. The molecule has 1 aliphatic heterocycles. The van der Waals surface area contributed by atoms with Crippen LogP contribution in [-0.4, -0.2) is 46.8 Å². The summed E-state index contributed by atoms with van der Waals surface area (Å²) in [5.74, 6) is 1.69. The molecule has 246 valence electrons. The van der Waals surface area contributed by atoms with Gasteiger partial charge in [-0.2, -0.15) is 0 Å². The van der Waals surface area contributed by atoms with Gasteiger partial charge in [0, 0.05) is 12.0 Å². The van der Waals surface area contributed by atoms with E-state index in [2.05, 4.69) is 66.3 Å². The molecule has 2 rings (SSSR count). The Morgan fingerprint density at radius 1 is 1.09 bits per heavy atom. The number of phenols is 1. The van der Waals surface area contributed by atoms with E-state index in [1.165, 1.54) is 11.1 Å². The molecule has 2 N–H and O–H groups in total. The number of aryl methyl sites for hydroxylation is 1. The Morgan fingerprint density at radius 3 is 2.34 bits per heavy atom. The molecule has 1 fully saturated rings. The molecule has 44 heavy (non-hydrogen) atoms. The summed E-state index contributed by atoms with van der Waals surface area (Å²) in [5, 5.41) is 21.8. The largest absolute Gasteiger partial charge is 0.507 e. The van der Waals surface area contributed by atoms with Gasteiger partial charge >= 0.3 is 0 Å². The van der Waals surface area contributed by atoms with Gasteiger partial charge in [-0.3, -0.25) is 0 Å². The Hall–Kier alpha value is -2.96. The first-order valence-electron chi connectivity index (χ1n) is 16.3. The number of hydrogen-bond donors (Lipinski definition) is 2. The molecule has 6 heteroatoms. The van der Waals surface area contributed by atoms with Crippen molar-refractivity contribution in [1.29, 1.82) is 0 Å². The molecule has 0 radical (unpaired) electrons. The quantitative estimate of drug-likeness (QED) is 0.0869. The van der Waals surface area contributed by atoms with Crippen LogP contribution in [0.15, 0.2) is 54.0 Å². The molecule has 1 aromatic carbocycles. The molecule has 1 saturated heterocycles. The van der Waals surface area contributed by atoms with Crippen molar-refractivity contribution in [3.8, 4) is 11.5 Å². The van der Waals surface area contributed by atoms with Crippen LogP contribution in [0.5, 0.6) is 11.5 Å². The molecule has 2 unspecified atom stereocenters. The fraction of sp³-hybridized carbons (Fsp3) is 0.579. The lowest BCUT2D eigenvalue weighted by molar-refractivity contribution is -0.0721. The second-order valence-corrected chi connectivity index (χ2v) is 12.7. The molecule has 3 atom stereocenters. The maximum absolute atomic E-state index is 11.1. The molecule has 1 heterocycles. The normalized spacial score (nSPS) is 19.0. The Kier molecular flexibility index (Phi) is 14.8. The average molecular weight is 611 g/mol. The van der Waals surface area contributed by atoms with Crippen molar-refractivity contribution in [3.63, 3.8) is 0 Å². The standard InChI is InChI=1S/C38H58O6/c1-11-15-30(12-2)41-23-20-28(6)17-19-35(38(10,40)14-4)42-25-22-32-29(7)26-33(39)31(13-3)36(32)43-24-21-27(5)16-18-34-37(8,9)44-34/h13,15,20-22,25-26,34-35,39-40H,3,11-12,14,16-19,23-24H2,1-2,4-10H3/b25-22-,27-21+,28-20+,30-15+/t34?,35?,38-/m1/s1. The lowest BCUT2D eigenvalue weighted by Crippen LogP contribution is -2.39. The van der Waals surface area contributed by atoms with Gasteiger partial charge in [-0.25, -0.2) is 0 Å². The van der Waals surface area contributed by atoms with Crippen molar-refractivity contribution >= 4 is 12.2 Å². The van der Waals surface area contributed by atoms with Crippen molar-refractivity contribution in [1.82, 2.24) is 0 Å². The number of ether oxygens (including phenoxy) is 4. The fourth-order valence-electron chi connectivity index (χ4n) is 5.07. The summed E-state index contributed by atoms with van der Waals surface area (Å²) in [4.78, 5) is 0. The van der Waals surface area contributed by atoms with Gasteiger partial charge in [0.15, 0.2) is 0 Å². The third-order valence-electron chi connectivity index (χ3n) is 8.54. The highest BCUT2D eigenvalue weighted by Gasteiger charge is 2.46. The van der Waals surface area contributed by atoms with Crippen LogP contribution in [0.1, 0.15) is 117 Å². The van der Waals surface area contributed by atoms with Gasteiger partial charge < -0.3 is 29.2 Å². The van der Waals surface area contributed by atoms with E-state index in [0.29, 0.717) is 43.5 Å². The molecule has 1 aromatic rings. The van der Waals surface area contributed by atoms with Gasteiger partial charge in [-0.15, -0.1) is 0 Å². The first kappa shape index (κ1) is 37.2. The van der Waals surface area contributed by atoms with E-state index in [1.807, 2.05) is 26.8 Å². The van der Waals surface area contributed by atoms with Crippen LogP contribution >= 0.6 is 0 Å². The van der Waals surface area contributed by atoms with E-state index in [9.17, 15) is 10.2 Å². The van der Waals surface area contributed by atoms with Gasteiger partial charge in [0.25, 0.3) is 0 Å². The smallest absolute Gasteiger partial charge is 0.138 e. The molecule has 6 nitrogen and oxygen atoms in total. The molecule has 0 aromatic heterocycles. The van der Waals surface area contributed by atoms with E-state index in [1.54, 1.807) is 18.4 Å². The minimum absolute atomic E-state index is 0.00333. The Labute approximate surface area is 267 Å². The molecule has 0 saturated carbocycles. The van der Waals surface area contributed by atoms with E-state index < -0.39 is 11.7 Å². The lowest BCUT2D eigenvalue weighted by Gasteiger charge is -2.31. The van der Waals surface area contributed by atoms with Crippen LogP contribution in [0.3, 0.4) is 0 Å². The molecule has 0 aliphatic carbocycles. The van der Waals surface area contributed by atoms with Crippen molar-refractivity contribution in [2.45, 2.75) is 131 Å². The predicted molar refractivity (Wildman–Crippen MR) is 183 cm³/mol. The van der Waals surface area contributed by atoms with Crippen LogP contribution < -0.4 is 4.74 Å². The average Bonchev–Trinajstić information content (AvgIpc) is 3.60. The SMILES string of the molecule is C=Cc1c(O)cc(C)c(/C=C\OC(CC/C(C)=C/CO/C(=C/CC)CC)[C@](C)(O)CC)c1OC/C=C(\C)CCC1OC1(C)C. The molecule has 0 amide bonds. The third-order valence-corrected chi connectivity index (χ3v) is 8.54. The first-order chi connectivity index (χ1) is 20.8.